The van der Waals surface area contributed by atoms with E-state index in [0.29, 0.717) is 17.0 Å². The molecular weight excluding hydrogens is 294 g/mol. The van der Waals surface area contributed by atoms with E-state index < -0.39 is 6.10 Å². The van der Waals surface area contributed by atoms with Gasteiger partial charge in [-0.2, -0.15) is 0 Å². The van der Waals surface area contributed by atoms with Crippen LogP contribution in [0.25, 0.3) is 0 Å². The van der Waals surface area contributed by atoms with Gasteiger partial charge in [0.2, 0.25) is 5.91 Å². The van der Waals surface area contributed by atoms with Crippen molar-refractivity contribution in [3.63, 3.8) is 0 Å². The summed E-state index contributed by atoms with van der Waals surface area (Å²) in [5.74, 6) is -0.0366. The number of nitrogens with one attached hydrogen (secondary N) is 1. The van der Waals surface area contributed by atoms with Crippen molar-refractivity contribution in [1.29, 1.82) is 0 Å². The van der Waals surface area contributed by atoms with Gasteiger partial charge >= 0.3 is 0 Å². The SMILES string of the molecule is Cc1cc(C(O)c2cc3c(cc2Cl)NC(=O)C3)sc1C. The molecule has 1 aromatic carbocycles. The Morgan fingerprint density at radius 1 is 1.35 bits per heavy atom. The predicted molar refractivity (Wildman–Crippen MR) is 81.6 cm³/mol. The van der Waals surface area contributed by atoms with Gasteiger partial charge in [0, 0.05) is 26.0 Å². The molecule has 1 unspecified atom stereocenters. The summed E-state index contributed by atoms with van der Waals surface area (Å²) in [6.07, 6.45) is -0.407. The fraction of sp³-hybridized carbons (Fsp3) is 0.267. The van der Waals surface area contributed by atoms with Crippen LogP contribution in [0.2, 0.25) is 5.02 Å². The Kier molecular flexibility index (Phi) is 3.32. The van der Waals surface area contributed by atoms with E-state index in [2.05, 4.69) is 5.32 Å². The molecule has 1 aliphatic rings. The van der Waals surface area contributed by atoms with E-state index in [4.69, 9.17) is 11.6 Å². The minimum atomic E-state index is -0.749. The largest absolute Gasteiger partial charge is 0.383 e. The molecule has 2 N–H and O–H groups in total. The summed E-state index contributed by atoms with van der Waals surface area (Å²) in [5, 5.41) is 13.8. The summed E-state index contributed by atoms with van der Waals surface area (Å²) >= 11 is 7.81. The number of carbonyl (C=O) groups excluding carboxylic acids is 1. The smallest absolute Gasteiger partial charge is 0.228 e. The molecule has 1 amide bonds. The third-order valence-electron chi connectivity index (χ3n) is 3.60. The molecule has 0 spiro atoms. The lowest BCUT2D eigenvalue weighted by atomic mass is 10.0. The monoisotopic (exact) mass is 307 g/mol. The maximum absolute atomic E-state index is 11.4. The first kappa shape index (κ1) is 13.6. The van der Waals surface area contributed by atoms with Gasteiger partial charge in [-0.05, 0) is 43.2 Å². The molecule has 5 heteroatoms. The van der Waals surface area contributed by atoms with E-state index >= 15 is 0 Å². The number of hydrogen-bond acceptors (Lipinski definition) is 3. The second-order valence-electron chi connectivity index (χ2n) is 5.05. The number of hydrogen-bond donors (Lipinski definition) is 2. The number of aliphatic hydroxyl groups excluding tert-OH is 1. The van der Waals surface area contributed by atoms with Crippen LogP contribution in [0.1, 0.15) is 32.5 Å². The Morgan fingerprint density at radius 3 is 2.75 bits per heavy atom. The number of anilines is 1. The molecule has 3 rings (SSSR count). The van der Waals surface area contributed by atoms with Gasteiger partial charge in [-0.15, -0.1) is 11.3 Å². The Bertz CT molecular complexity index is 689. The van der Waals surface area contributed by atoms with E-state index in [-0.39, 0.29) is 5.91 Å². The topological polar surface area (TPSA) is 49.3 Å². The van der Waals surface area contributed by atoms with Crippen LogP contribution in [0.5, 0.6) is 0 Å². The third-order valence-corrected chi connectivity index (χ3v) is 5.13. The van der Waals surface area contributed by atoms with Crippen molar-refractivity contribution in [2.75, 3.05) is 5.32 Å². The predicted octanol–water partition coefficient (Wildman–Crippen LogP) is 3.59. The van der Waals surface area contributed by atoms with E-state index in [0.717, 1.165) is 21.7 Å². The molecule has 0 radical (unpaired) electrons. The lowest BCUT2D eigenvalue weighted by molar-refractivity contribution is -0.115. The molecule has 0 bridgehead atoms. The Hall–Kier alpha value is -1.36. The molecule has 20 heavy (non-hydrogen) atoms. The van der Waals surface area contributed by atoms with Crippen LogP contribution in [0.4, 0.5) is 5.69 Å². The Morgan fingerprint density at radius 2 is 2.10 bits per heavy atom. The molecule has 0 saturated heterocycles. The molecule has 0 fully saturated rings. The first-order valence-electron chi connectivity index (χ1n) is 6.33. The number of carbonyl (C=O) groups is 1. The number of aryl methyl sites for hydroxylation is 2. The fourth-order valence-corrected chi connectivity index (χ4v) is 3.68. The molecule has 1 aromatic heterocycles. The van der Waals surface area contributed by atoms with Crippen molar-refractivity contribution in [2.45, 2.75) is 26.4 Å². The summed E-state index contributed by atoms with van der Waals surface area (Å²) in [6, 6.07) is 5.52. The van der Waals surface area contributed by atoms with Gasteiger partial charge in [0.15, 0.2) is 0 Å². The van der Waals surface area contributed by atoms with Gasteiger partial charge in [-0.25, -0.2) is 0 Å². The highest BCUT2D eigenvalue weighted by atomic mass is 35.5. The fourth-order valence-electron chi connectivity index (χ4n) is 2.37. The summed E-state index contributed by atoms with van der Waals surface area (Å²) in [4.78, 5) is 13.5. The van der Waals surface area contributed by atoms with Gasteiger partial charge in [-0.1, -0.05) is 11.6 Å². The number of halogens is 1. The lowest BCUT2D eigenvalue weighted by Gasteiger charge is -2.13. The van der Waals surface area contributed by atoms with Crippen LogP contribution in [0, 0.1) is 13.8 Å². The van der Waals surface area contributed by atoms with E-state index in [1.54, 1.807) is 17.4 Å². The van der Waals surface area contributed by atoms with Gasteiger partial charge in [0.1, 0.15) is 6.10 Å². The standard InChI is InChI=1S/C15H14ClNO2S/c1-7-3-13(20-8(7)2)15(19)10-4-9-5-14(18)17-12(9)6-11(10)16/h3-4,6,15,19H,5H2,1-2H3,(H,17,18). The molecular formula is C15H14ClNO2S. The van der Waals surface area contributed by atoms with Gasteiger partial charge in [-0.3, -0.25) is 4.79 Å². The highest BCUT2D eigenvalue weighted by molar-refractivity contribution is 7.12. The van der Waals surface area contributed by atoms with Crippen molar-refractivity contribution in [3.8, 4) is 0 Å². The van der Waals surface area contributed by atoms with Crippen molar-refractivity contribution in [1.82, 2.24) is 0 Å². The minimum Gasteiger partial charge on any atom is -0.383 e. The number of benzene rings is 1. The molecule has 2 heterocycles. The average Bonchev–Trinajstić information content (AvgIpc) is 2.90. The zero-order valence-electron chi connectivity index (χ0n) is 11.2. The zero-order chi connectivity index (χ0) is 14.4. The number of amides is 1. The minimum absolute atomic E-state index is 0.0366. The highest BCUT2D eigenvalue weighted by Crippen LogP contribution is 2.37. The van der Waals surface area contributed by atoms with Crippen molar-refractivity contribution in [2.24, 2.45) is 0 Å². The maximum Gasteiger partial charge on any atom is 0.228 e. The Balaban J connectivity index is 2.02. The van der Waals surface area contributed by atoms with Crippen LogP contribution in [0.3, 0.4) is 0 Å². The summed E-state index contributed by atoms with van der Waals surface area (Å²) < 4.78 is 0. The van der Waals surface area contributed by atoms with E-state index in [1.165, 1.54) is 4.88 Å². The van der Waals surface area contributed by atoms with Gasteiger partial charge in [0.05, 0.1) is 6.42 Å². The normalized spacial score (nSPS) is 15.1. The summed E-state index contributed by atoms with van der Waals surface area (Å²) in [7, 11) is 0. The zero-order valence-corrected chi connectivity index (χ0v) is 12.7. The number of aliphatic hydroxyl groups is 1. The van der Waals surface area contributed by atoms with Crippen LogP contribution in [-0.4, -0.2) is 11.0 Å². The first-order chi connectivity index (χ1) is 9.45. The lowest BCUT2D eigenvalue weighted by Crippen LogP contribution is -2.03. The summed E-state index contributed by atoms with van der Waals surface area (Å²) in [5.41, 5.74) is 3.45. The van der Waals surface area contributed by atoms with Crippen molar-refractivity contribution in [3.05, 3.63) is 49.7 Å². The number of fused-ring (bicyclic) bond motifs is 1. The second-order valence-corrected chi connectivity index (χ2v) is 6.74. The molecule has 3 nitrogen and oxygen atoms in total. The van der Waals surface area contributed by atoms with Crippen molar-refractivity contribution >= 4 is 34.5 Å². The number of thiophene rings is 1. The first-order valence-corrected chi connectivity index (χ1v) is 7.52. The molecule has 1 atom stereocenters. The molecule has 0 saturated carbocycles. The van der Waals surface area contributed by atoms with Crippen LogP contribution < -0.4 is 5.32 Å². The maximum atomic E-state index is 11.4. The van der Waals surface area contributed by atoms with Crippen LogP contribution in [-0.2, 0) is 11.2 Å². The molecule has 1 aliphatic heterocycles. The highest BCUT2D eigenvalue weighted by Gasteiger charge is 2.23. The van der Waals surface area contributed by atoms with Crippen LogP contribution >= 0.6 is 22.9 Å². The second kappa shape index (κ2) is 4.88. The van der Waals surface area contributed by atoms with Gasteiger partial charge in [0.25, 0.3) is 0 Å². The van der Waals surface area contributed by atoms with Gasteiger partial charge < -0.3 is 10.4 Å². The molecule has 104 valence electrons. The van der Waals surface area contributed by atoms with E-state index in [9.17, 15) is 9.90 Å². The van der Waals surface area contributed by atoms with Crippen LogP contribution in [0.15, 0.2) is 18.2 Å². The summed E-state index contributed by atoms with van der Waals surface area (Å²) in [6.45, 7) is 4.05. The Labute approximate surface area is 126 Å². The third kappa shape index (κ3) is 2.24. The molecule has 2 aromatic rings. The average molecular weight is 308 g/mol. The number of rotatable bonds is 2. The molecule has 0 aliphatic carbocycles. The van der Waals surface area contributed by atoms with E-state index in [1.807, 2.05) is 26.0 Å². The van der Waals surface area contributed by atoms with Crippen molar-refractivity contribution < 1.29 is 9.90 Å². The quantitative estimate of drug-likeness (QED) is 0.890.